The Balaban J connectivity index is 0. The molecule has 0 aromatic rings. The zero-order chi connectivity index (χ0) is 22.7. The summed E-state index contributed by atoms with van der Waals surface area (Å²) in [5.41, 5.74) is -5.48. The van der Waals surface area contributed by atoms with E-state index in [1.54, 1.807) is 0 Å². The first-order valence-corrected chi connectivity index (χ1v) is 9.90. The number of hydrogen-bond acceptors (Lipinski definition) is 11. The molecule has 0 saturated carbocycles. The number of ether oxygens (including phenoxy) is 4. The van der Waals surface area contributed by atoms with E-state index in [9.17, 15) is 31.8 Å². The van der Waals surface area contributed by atoms with Gasteiger partial charge in [0.05, 0.1) is 38.4 Å². The third kappa shape index (κ3) is 8.07. The van der Waals surface area contributed by atoms with Crippen LogP contribution in [0.5, 0.6) is 0 Å². The number of aliphatic hydroxyl groups excluding tert-OH is 2. The number of alkyl halides is 3. The van der Waals surface area contributed by atoms with Gasteiger partial charge in [-0.25, -0.2) is 0 Å². The summed E-state index contributed by atoms with van der Waals surface area (Å²) >= 11 is 0. The monoisotopic (exact) mass is 525 g/mol. The second-order valence-electron chi connectivity index (χ2n) is 6.60. The third-order valence-corrected chi connectivity index (χ3v) is 5.78. The molecule has 2 N–H and O–H groups in total. The third-order valence-electron chi connectivity index (χ3n) is 4.71. The van der Waals surface area contributed by atoms with Crippen LogP contribution in [0.4, 0.5) is 13.2 Å². The van der Waals surface area contributed by atoms with Gasteiger partial charge in [-0.1, -0.05) is 7.43 Å². The second kappa shape index (κ2) is 14.6. The van der Waals surface area contributed by atoms with Crippen LogP contribution in [0.3, 0.4) is 0 Å². The summed E-state index contributed by atoms with van der Waals surface area (Å²) in [6.45, 7) is 4.94. The summed E-state index contributed by atoms with van der Waals surface area (Å²) in [4.78, 5) is 0. The van der Waals surface area contributed by atoms with Crippen molar-refractivity contribution in [2.24, 2.45) is 5.92 Å². The molecule has 0 aromatic carbocycles. The van der Waals surface area contributed by atoms with E-state index in [0.717, 1.165) is 0 Å². The van der Waals surface area contributed by atoms with Crippen LogP contribution < -0.4 is 51.4 Å². The fraction of sp³-hybridized carbons (Fsp3) is 0.875. The summed E-state index contributed by atoms with van der Waals surface area (Å²) in [7, 11) is -5.68. The Morgan fingerprint density at radius 2 is 1.33 bits per heavy atom. The number of fused-ring (bicyclic) bond motifs is 2. The van der Waals surface area contributed by atoms with Crippen molar-refractivity contribution >= 4 is 18.5 Å². The maximum atomic E-state index is 12.1. The molecule has 17 heteroatoms. The molecule has 3 radical (unpaired) electrons. The van der Waals surface area contributed by atoms with E-state index in [1.165, 1.54) is 0 Å². The Kier molecular flexibility index (Phi) is 15.7. The zero-order valence-electron chi connectivity index (χ0n) is 16.7. The summed E-state index contributed by atoms with van der Waals surface area (Å²) in [6, 6.07) is 2.09. The van der Waals surface area contributed by atoms with Crippen LogP contribution in [-0.4, -0.2) is 102 Å². The predicted octanol–water partition coefficient (Wildman–Crippen LogP) is -3.98. The molecule has 0 spiro atoms. The Labute approximate surface area is 234 Å². The summed E-state index contributed by atoms with van der Waals surface area (Å²) < 4.78 is 82.0. The SMILES string of the molecule is C.N#C[C@H]1CO[C@H]2[C@@H]1OC[C@H]2O.O=S(=O)(O[C@@H]1CO[C@H]2[C@@H]1OC[C@H]2O)C(F)(F)F.[B].[C-]#N.[K+]. The largest absolute Gasteiger partial charge is 1.00 e. The molecule has 4 aliphatic heterocycles. The van der Waals surface area contributed by atoms with E-state index >= 15 is 0 Å². The van der Waals surface area contributed by atoms with E-state index in [-0.39, 0.29) is 98.6 Å². The van der Waals surface area contributed by atoms with Gasteiger partial charge >= 0.3 is 67.0 Å². The number of nitriles is 1. The topological polar surface area (TPSA) is 168 Å². The van der Waals surface area contributed by atoms with Crippen LogP contribution in [0.1, 0.15) is 7.43 Å². The fourth-order valence-corrected chi connectivity index (χ4v) is 3.93. The summed E-state index contributed by atoms with van der Waals surface area (Å²) in [5, 5.41) is 33.4. The van der Waals surface area contributed by atoms with Crippen LogP contribution in [0, 0.1) is 29.1 Å². The maximum Gasteiger partial charge on any atom is 1.00 e. The van der Waals surface area contributed by atoms with Gasteiger partial charge in [-0.15, -0.1) is 0 Å². The van der Waals surface area contributed by atoms with Gasteiger partial charge in [0, 0.05) is 8.41 Å². The van der Waals surface area contributed by atoms with Crippen molar-refractivity contribution in [1.82, 2.24) is 0 Å². The van der Waals surface area contributed by atoms with Crippen molar-refractivity contribution in [3.05, 3.63) is 6.57 Å². The van der Waals surface area contributed by atoms with Gasteiger partial charge in [0.15, 0.2) is 0 Å². The molecule has 0 aromatic heterocycles. The standard InChI is InChI=1S/C7H9F3O6S.C7H9NO3.CN.CH4.B.K/c8-7(9,10)17(12,13)16-4-2-15-5-3(11)1-14-6(4)5;8-1-4-2-10-7-5(9)3-11-6(4)7;1-2;;;/h3-6,11H,1-2H2;4-7,9H,2-3H2;;1H4;;/q;;-1;;;+1/t3-,4-,5-,6-;4-,5+,6+,7+;;;;/m10..../s1. The van der Waals surface area contributed by atoms with Gasteiger partial charge in [-0.2, -0.15) is 26.9 Å². The molecule has 4 rings (SSSR count). The average Bonchev–Trinajstić information content (AvgIpc) is 3.43. The van der Waals surface area contributed by atoms with Gasteiger partial charge in [0.2, 0.25) is 0 Å². The van der Waals surface area contributed by atoms with Crippen molar-refractivity contribution < 1.29 is 106 Å². The van der Waals surface area contributed by atoms with Crippen molar-refractivity contribution in [1.29, 1.82) is 10.5 Å². The van der Waals surface area contributed by atoms with Crippen molar-refractivity contribution in [2.75, 3.05) is 26.4 Å². The Morgan fingerprint density at radius 1 is 0.909 bits per heavy atom. The summed E-state index contributed by atoms with van der Waals surface area (Å²) in [5.74, 6) is -0.197. The number of nitrogens with zero attached hydrogens (tertiary/aromatic N) is 2. The number of halogens is 3. The van der Waals surface area contributed by atoms with Crippen molar-refractivity contribution in [2.45, 2.75) is 55.7 Å². The van der Waals surface area contributed by atoms with Crippen LogP contribution in [0.25, 0.3) is 0 Å². The van der Waals surface area contributed by atoms with Crippen LogP contribution in [0.15, 0.2) is 0 Å². The molecule has 33 heavy (non-hydrogen) atoms. The van der Waals surface area contributed by atoms with Crippen molar-refractivity contribution in [3.63, 3.8) is 0 Å². The van der Waals surface area contributed by atoms with Crippen LogP contribution in [-0.2, 0) is 33.2 Å². The predicted molar refractivity (Wildman–Crippen MR) is 97.4 cm³/mol. The molecular formula is C16H22BF3KN2O9S. The molecule has 4 heterocycles. The van der Waals surface area contributed by atoms with Gasteiger partial charge in [0.25, 0.3) is 0 Å². The number of hydrogen-bond donors (Lipinski definition) is 2. The summed E-state index contributed by atoms with van der Waals surface area (Å²) in [6.07, 6.45) is -5.22. The molecule has 0 amide bonds. The van der Waals surface area contributed by atoms with Gasteiger partial charge in [0.1, 0.15) is 42.7 Å². The molecule has 0 bridgehead atoms. The molecule has 8 atom stereocenters. The molecule has 181 valence electrons. The Hall–Kier alpha value is 0.141. The first-order valence-electron chi connectivity index (χ1n) is 8.49. The zero-order valence-corrected chi connectivity index (χ0v) is 20.7. The number of aliphatic hydroxyl groups is 2. The van der Waals surface area contributed by atoms with E-state index in [1.807, 2.05) is 0 Å². The molecule has 4 aliphatic rings. The van der Waals surface area contributed by atoms with Gasteiger partial charge < -0.3 is 41.0 Å². The molecule has 0 aliphatic carbocycles. The maximum absolute atomic E-state index is 12.1. The molecule has 11 nitrogen and oxygen atoms in total. The minimum absolute atomic E-state index is 0. The number of rotatable bonds is 2. The van der Waals surface area contributed by atoms with Crippen LogP contribution in [0.2, 0.25) is 0 Å². The minimum Gasteiger partial charge on any atom is -0.512 e. The van der Waals surface area contributed by atoms with Crippen LogP contribution >= 0.6 is 0 Å². The van der Waals surface area contributed by atoms with E-state index in [4.69, 9.17) is 36.0 Å². The minimum atomic E-state index is -5.68. The van der Waals surface area contributed by atoms with E-state index in [0.29, 0.717) is 13.2 Å². The molecular weight excluding hydrogens is 503 g/mol. The Bertz CT molecular complexity index is 771. The first kappa shape index (κ1) is 35.3. The smallest absolute Gasteiger partial charge is 0.512 e. The molecule has 4 fully saturated rings. The van der Waals surface area contributed by atoms with E-state index < -0.39 is 46.1 Å². The Morgan fingerprint density at radius 3 is 1.82 bits per heavy atom. The second-order valence-corrected chi connectivity index (χ2v) is 8.16. The van der Waals surface area contributed by atoms with Gasteiger partial charge in [-0.3, -0.25) is 4.18 Å². The van der Waals surface area contributed by atoms with Gasteiger partial charge in [-0.05, 0) is 0 Å². The first-order chi connectivity index (χ1) is 14.0. The van der Waals surface area contributed by atoms with E-state index in [2.05, 4.69) is 10.3 Å². The normalized spacial score (nSPS) is 36.1. The fourth-order valence-electron chi connectivity index (χ4n) is 3.33. The average molecular weight is 525 g/mol. The van der Waals surface area contributed by atoms with Crippen molar-refractivity contribution in [3.8, 4) is 6.07 Å². The molecule has 4 saturated heterocycles. The quantitative estimate of drug-likeness (QED) is 0.156. The molecule has 0 unspecified atom stereocenters.